The van der Waals surface area contributed by atoms with Gasteiger partial charge in [-0.15, -0.1) is 0 Å². The van der Waals surface area contributed by atoms with E-state index in [-0.39, 0.29) is 0 Å². The Kier molecular flexibility index (Phi) is 2.81. The van der Waals surface area contributed by atoms with E-state index >= 15 is 0 Å². The van der Waals surface area contributed by atoms with Crippen LogP contribution in [0.15, 0.2) is 52.9 Å². The fourth-order valence-electron chi connectivity index (χ4n) is 2.57. The van der Waals surface area contributed by atoms with Gasteiger partial charge in [0, 0.05) is 18.3 Å². The largest absolute Gasteiger partial charge is 0.423 e. The molecule has 0 amide bonds. The topological polar surface area (TPSA) is 55.3 Å². The Morgan fingerprint density at radius 3 is 2.71 bits per heavy atom. The van der Waals surface area contributed by atoms with E-state index in [9.17, 15) is 0 Å². The molecule has 1 fully saturated rings. The van der Waals surface area contributed by atoms with Crippen LogP contribution in [0.3, 0.4) is 0 Å². The maximum Gasteiger partial charge on any atom is 0.298 e. The van der Waals surface area contributed by atoms with E-state index in [1.807, 2.05) is 24.3 Å². The van der Waals surface area contributed by atoms with Gasteiger partial charge in [0.15, 0.2) is 5.58 Å². The summed E-state index contributed by atoms with van der Waals surface area (Å²) >= 11 is 0. The molecule has 3 aromatic rings. The average molecular weight is 279 g/mol. The molecule has 106 valence electrons. The molecule has 0 spiro atoms. The van der Waals surface area contributed by atoms with Gasteiger partial charge in [-0.25, -0.2) is 0 Å². The summed E-state index contributed by atoms with van der Waals surface area (Å²) in [6.45, 7) is 0.827. The van der Waals surface area contributed by atoms with Gasteiger partial charge < -0.3 is 15.1 Å². The molecule has 0 bridgehead atoms. The number of hydrogen-bond donors (Lipinski definition) is 1. The molecular formula is C17H17N3O. The van der Waals surface area contributed by atoms with E-state index in [0.29, 0.717) is 17.7 Å². The molecule has 2 aromatic carbocycles. The highest BCUT2D eigenvalue weighted by molar-refractivity contribution is 5.78. The molecule has 1 aliphatic carbocycles. The summed E-state index contributed by atoms with van der Waals surface area (Å²) in [6.07, 6.45) is 2.40. The first-order valence-corrected chi connectivity index (χ1v) is 7.26. The zero-order valence-electron chi connectivity index (χ0n) is 11.7. The van der Waals surface area contributed by atoms with E-state index < -0.39 is 0 Å². The maximum absolute atomic E-state index is 5.92. The highest BCUT2D eigenvalue weighted by Crippen LogP contribution is 2.34. The second kappa shape index (κ2) is 4.81. The lowest BCUT2D eigenvalue weighted by Gasteiger charge is -2.20. The van der Waals surface area contributed by atoms with E-state index in [2.05, 4.69) is 34.1 Å². The molecule has 0 atom stereocenters. The third kappa shape index (κ3) is 2.44. The third-order valence-corrected chi connectivity index (χ3v) is 3.83. The monoisotopic (exact) mass is 279 g/mol. The lowest BCUT2D eigenvalue weighted by Crippen LogP contribution is -2.25. The minimum absolute atomic E-state index is 0.538. The van der Waals surface area contributed by atoms with Crippen molar-refractivity contribution in [3.63, 3.8) is 0 Å². The van der Waals surface area contributed by atoms with Crippen LogP contribution in [-0.2, 0) is 6.54 Å². The smallest absolute Gasteiger partial charge is 0.298 e. The number of nitrogen functional groups attached to an aromatic ring is 1. The maximum atomic E-state index is 5.92. The molecule has 0 saturated heterocycles. The van der Waals surface area contributed by atoms with Crippen molar-refractivity contribution in [1.82, 2.24) is 4.98 Å². The number of rotatable bonds is 4. The van der Waals surface area contributed by atoms with E-state index in [0.717, 1.165) is 17.6 Å². The van der Waals surface area contributed by atoms with Crippen LogP contribution in [0.4, 0.5) is 11.7 Å². The van der Waals surface area contributed by atoms with Crippen LogP contribution in [0.5, 0.6) is 0 Å². The molecule has 4 rings (SSSR count). The molecular weight excluding hydrogens is 262 g/mol. The summed E-state index contributed by atoms with van der Waals surface area (Å²) in [5, 5.41) is 0. The SMILES string of the molecule is Nc1ccc2oc(N(Cc3ccccc3)C3CC3)nc2c1. The molecule has 0 aliphatic heterocycles. The van der Waals surface area contributed by atoms with Crippen LogP contribution in [0, 0.1) is 0 Å². The molecule has 4 nitrogen and oxygen atoms in total. The van der Waals surface area contributed by atoms with Crippen molar-refractivity contribution in [2.75, 3.05) is 10.6 Å². The van der Waals surface area contributed by atoms with Crippen molar-refractivity contribution in [2.24, 2.45) is 0 Å². The van der Waals surface area contributed by atoms with Crippen molar-refractivity contribution in [2.45, 2.75) is 25.4 Å². The normalized spacial score (nSPS) is 14.5. The van der Waals surface area contributed by atoms with Gasteiger partial charge in [-0.3, -0.25) is 0 Å². The van der Waals surface area contributed by atoms with Crippen molar-refractivity contribution in [3.05, 3.63) is 54.1 Å². The first-order chi connectivity index (χ1) is 10.3. The Morgan fingerprint density at radius 1 is 1.14 bits per heavy atom. The number of anilines is 2. The van der Waals surface area contributed by atoms with E-state index in [1.165, 1.54) is 18.4 Å². The Hall–Kier alpha value is -2.49. The quantitative estimate of drug-likeness (QED) is 0.742. The Morgan fingerprint density at radius 2 is 1.95 bits per heavy atom. The van der Waals surface area contributed by atoms with Gasteiger partial charge in [-0.05, 0) is 36.6 Å². The van der Waals surface area contributed by atoms with Gasteiger partial charge in [-0.2, -0.15) is 4.98 Å². The molecule has 1 saturated carbocycles. The number of fused-ring (bicyclic) bond motifs is 1. The van der Waals surface area contributed by atoms with E-state index in [1.54, 1.807) is 0 Å². The lowest BCUT2D eigenvalue weighted by atomic mass is 10.2. The van der Waals surface area contributed by atoms with Crippen molar-refractivity contribution in [3.8, 4) is 0 Å². The fourth-order valence-corrected chi connectivity index (χ4v) is 2.57. The zero-order chi connectivity index (χ0) is 14.2. The van der Waals surface area contributed by atoms with Gasteiger partial charge in [0.25, 0.3) is 6.01 Å². The minimum atomic E-state index is 0.538. The second-order valence-corrected chi connectivity index (χ2v) is 5.57. The standard InChI is InChI=1S/C17H17N3O/c18-13-6-9-16-15(10-13)19-17(21-16)20(14-7-8-14)11-12-4-2-1-3-5-12/h1-6,9-10,14H,7-8,11,18H2. The predicted molar refractivity (Wildman–Crippen MR) is 84.1 cm³/mol. The second-order valence-electron chi connectivity index (χ2n) is 5.57. The van der Waals surface area contributed by atoms with Gasteiger partial charge in [0.1, 0.15) is 5.52 Å². The molecule has 0 unspecified atom stereocenters. The van der Waals surface area contributed by atoms with Crippen LogP contribution >= 0.6 is 0 Å². The Balaban J connectivity index is 1.69. The van der Waals surface area contributed by atoms with Crippen molar-refractivity contribution >= 4 is 22.8 Å². The number of nitrogens with two attached hydrogens (primary N) is 1. The van der Waals surface area contributed by atoms with Crippen LogP contribution in [-0.4, -0.2) is 11.0 Å². The molecule has 4 heteroatoms. The third-order valence-electron chi connectivity index (χ3n) is 3.83. The summed E-state index contributed by atoms with van der Waals surface area (Å²) in [7, 11) is 0. The van der Waals surface area contributed by atoms with Crippen LogP contribution in [0.25, 0.3) is 11.1 Å². The Labute approximate surface area is 123 Å². The highest BCUT2D eigenvalue weighted by atomic mass is 16.4. The van der Waals surface area contributed by atoms with Crippen LogP contribution in [0.2, 0.25) is 0 Å². The van der Waals surface area contributed by atoms with E-state index in [4.69, 9.17) is 10.2 Å². The summed E-state index contributed by atoms with van der Waals surface area (Å²) < 4.78 is 5.92. The zero-order valence-corrected chi connectivity index (χ0v) is 11.7. The van der Waals surface area contributed by atoms with Crippen LogP contribution in [0.1, 0.15) is 18.4 Å². The van der Waals surface area contributed by atoms with Gasteiger partial charge in [-0.1, -0.05) is 30.3 Å². The molecule has 0 radical (unpaired) electrons. The molecule has 1 aliphatic rings. The first-order valence-electron chi connectivity index (χ1n) is 7.26. The summed E-state index contributed by atoms with van der Waals surface area (Å²) in [5.74, 6) is 0. The number of benzene rings is 2. The number of oxazole rings is 1. The van der Waals surface area contributed by atoms with Gasteiger partial charge in [0.2, 0.25) is 0 Å². The highest BCUT2D eigenvalue weighted by Gasteiger charge is 2.32. The summed E-state index contributed by atoms with van der Waals surface area (Å²) in [6, 6.07) is 17.2. The fraction of sp³-hybridized carbons (Fsp3) is 0.235. The molecule has 21 heavy (non-hydrogen) atoms. The summed E-state index contributed by atoms with van der Waals surface area (Å²) in [4.78, 5) is 6.87. The number of hydrogen-bond acceptors (Lipinski definition) is 4. The molecule has 1 heterocycles. The van der Waals surface area contributed by atoms with Crippen molar-refractivity contribution in [1.29, 1.82) is 0 Å². The predicted octanol–water partition coefficient (Wildman–Crippen LogP) is 3.58. The van der Waals surface area contributed by atoms with Crippen molar-refractivity contribution < 1.29 is 4.42 Å². The molecule has 2 N–H and O–H groups in total. The number of aromatic nitrogens is 1. The lowest BCUT2D eigenvalue weighted by molar-refractivity contribution is 0.561. The Bertz CT molecular complexity index is 762. The van der Waals surface area contributed by atoms with Gasteiger partial charge >= 0.3 is 0 Å². The average Bonchev–Trinajstić information content (AvgIpc) is 3.25. The molecule has 1 aromatic heterocycles. The van der Waals surface area contributed by atoms with Crippen LogP contribution < -0.4 is 10.6 Å². The number of nitrogens with zero attached hydrogens (tertiary/aromatic N) is 2. The van der Waals surface area contributed by atoms with Gasteiger partial charge in [0.05, 0.1) is 0 Å². The minimum Gasteiger partial charge on any atom is -0.423 e. The first kappa shape index (κ1) is 12.3. The summed E-state index contributed by atoms with van der Waals surface area (Å²) in [5.41, 5.74) is 9.40.